The molecule has 0 saturated heterocycles. The fourth-order valence-electron chi connectivity index (χ4n) is 2.10. The Morgan fingerprint density at radius 2 is 2.05 bits per heavy atom. The standard InChI is InChI=1S/C17H24N2O2/c1-12(2)17(3,20)11-18-10-14-9-13-7-5-6-8-15(13)19-16(14)21-4/h5-9,12,18,20H,10-11H2,1-4H3. The molecule has 0 fully saturated rings. The summed E-state index contributed by atoms with van der Waals surface area (Å²) < 4.78 is 5.37. The van der Waals surface area contributed by atoms with Crippen molar-refractivity contribution in [1.82, 2.24) is 10.3 Å². The molecule has 1 atom stereocenters. The number of hydrogen-bond donors (Lipinski definition) is 2. The normalized spacial score (nSPS) is 14.4. The third-order valence-electron chi connectivity index (χ3n) is 4.00. The number of hydrogen-bond acceptors (Lipinski definition) is 4. The van der Waals surface area contributed by atoms with Crippen molar-refractivity contribution in [2.24, 2.45) is 5.92 Å². The number of aromatic nitrogens is 1. The van der Waals surface area contributed by atoms with Gasteiger partial charge in [-0.05, 0) is 25.0 Å². The van der Waals surface area contributed by atoms with Crippen LogP contribution in [0.15, 0.2) is 30.3 Å². The summed E-state index contributed by atoms with van der Waals surface area (Å²) in [5.41, 5.74) is 1.19. The molecule has 0 aliphatic carbocycles. The van der Waals surface area contributed by atoms with E-state index in [0.29, 0.717) is 19.0 Å². The van der Waals surface area contributed by atoms with Gasteiger partial charge in [-0.2, -0.15) is 0 Å². The third-order valence-corrected chi connectivity index (χ3v) is 4.00. The zero-order valence-corrected chi connectivity index (χ0v) is 13.2. The molecule has 0 aliphatic rings. The molecular weight excluding hydrogens is 264 g/mol. The van der Waals surface area contributed by atoms with E-state index in [1.54, 1.807) is 7.11 Å². The van der Waals surface area contributed by atoms with Gasteiger partial charge in [0.05, 0.1) is 18.2 Å². The minimum Gasteiger partial charge on any atom is -0.481 e. The van der Waals surface area contributed by atoms with E-state index in [2.05, 4.69) is 16.4 Å². The summed E-state index contributed by atoms with van der Waals surface area (Å²) in [7, 11) is 1.63. The van der Waals surface area contributed by atoms with E-state index in [1.807, 2.05) is 45.0 Å². The van der Waals surface area contributed by atoms with Gasteiger partial charge in [-0.25, -0.2) is 4.98 Å². The van der Waals surface area contributed by atoms with Gasteiger partial charge in [-0.15, -0.1) is 0 Å². The van der Waals surface area contributed by atoms with Crippen LogP contribution < -0.4 is 10.1 Å². The van der Waals surface area contributed by atoms with Crippen molar-refractivity contribution < 1.29 is 9.84 Å². The molecule has 0 bridgehead atoms. The molecule has 4 nitrogen and oxygen atoms in total. The first kappa shape index (κ1) is 15.7. The highest BCUT2D eigenvalue weighted by molar-refractivity contribution is 5.80. The Morgan fingerprint density at radius 1 is 1.33 bits per heavy atom. The molecule has 0 spiro atoms. The quantitative estimate of drug-likeness (QED) is 0.858. The lowest BCUT2D eigenvalue weighted by molar-refractivity contribution is 0.0139. The van der Waals surface area contributed by atoms with Gasteiger partial charge in [0, 0.05) is 24.0 Å². The fourth-order valence-corrected chi connectivity index (χ4v) is 2.10. The number of aliphatic hydroxyl groups is 1. The lowest BCUT2D eigenvalue weighted by Crippen LogP contribution is -2.42. The van der Waals surface area contributed by atoms with Gasteiger partial charge >= 0.3 is 0 Å². The highest BCUT2D eigenvalue weighted by atomic mass is 16.5. The van der Waals surface area contributed by atoms with Gasteiger partial charge < -0.3 is 15.2 Å². The largest absolute Gasteiger partial charge is 0.481 e. The van der Waals surface area contributed by atoms with Crippen LogP contribution >= 0.6 is 0 Å². The van der Waals surface area contributed by atoms with Crippen LogP contribution in [0.2, 0.25) is 0 Å². The van der Waals surface area contributed by atoms with Crippen molar-refractivity contribution in [3.8, 4) is 5.88 Å². The Kier molecular flexibility index (Phi) is 4.80. The van der Waals surface area contributed by atoms with Crippen LogP contribution in [0.5, 0.6) is 5.88 Å². The van der Waals surface area contributed by atoms with Crippen molar-refractivity contribution in [2.75, 3.05) is 13.7 Å². The summed E-state index contributed by atoms with van der Waals surface area (Å²) in [6.07, 6.45) is 0. The number of nitrogens with one attached hydrogen (secondary N) is 1. The molecule has 1 unspecified atom stereocenters. The van der Waals surface area contributed by atoms with E-state index in [4.69, 9.17) is 4.74 Å². The number of methoxy groups -OCH3 is 1. The number of fused-ring (bicyclic) bond motifs is 1. The second-order valence-corrected chi connectivity index (χ2v) is 5.96. The third kappa shape index (κ3) is 3.71. The van der Waals surface area contributed by atoms with E-state index < -0.39 is 5.60 Å². The predicted octanol–water partition coefficient (Wildman–Crippen LogP) is 2.74. The van der Waals surface area contributed by atoms with E-state index in [1.165, 1.54) is 0 Å². The van der Waals surface area contributed by atoms with Gasteiger partial charge in [0.15, 0.2) is 0 Å². The van der Waals surface area contributed by atoms with Crippen molar-refractivity contribution in [1.29, 1.82) is 0 Å². The summed E-state index contributed by atoms with van der Waals surface area (Å²) in [4.78, 5) is 4.52. The molecule has 114 valence electrons. The molecule has 21 heavy (non-hydrogen) atoms. The topological polar surface area (TPSA) is 54.4 Å². The summed E-state index contributed by atoms with van der Waals surface area (Å²) in [6.45, 7) is 7.02. The first-order valence-corrected chi connectivity index (χ1v) is 7.30. The van der Waals surface area contributed by atoms with Crippen molar-refractivity contribution in [3.05, 3.63) is 35.9 Å². The molecule has 2 aromatic rings. The zero-order valence-electron chi connectivity index (χ0n) is 13.2. The monoisotopic (exact) mass is 288 g/mol. The summed E-state index contributed by atoms with van der Waals surface area (Å²) in [5.74, 6) is 0.826. The molecule has 2 N–H and O–H groups in total. The molecule has 1 aromatic heterocycles. The highest BCUT2D eigenvalue weighted by Gasteiger charge is 2.24. The maximum Gasteiger partial charge on any atom is 0.218 e. The smallest absolute Gasteiger partial charge is 0.218 e. The lowest BCUT2D eigenvalue weighted by atomic mass is 9.92. The van der Waals surface area contributed by atoms with Crippen molar-refractivity contribution in [2.45, 2.75) is 32.9 Å². The number of ether oxygens (including phenoxy) is 1. The van der Waals surface area contributed by atoms with Gasteiger partial charge in [-0.1, -0.05) is 32.0 Å². The van der Waals surface area contributed by atoms with Crippen LogP contribution in [-0.2, 0) is 6.54 Å². The van der Waals surface area contributed by atoms with Gasteiger partial charge in [0.2, 0.25) is 5.88 Å². The molecule has 0 saturated carbocycles. The first-order valence-electron chi connectivity index (χ1n) is 7.30. The summed E-state index contributed by atoms with van der Waals surface area (Å²) >= 11 is 0. The lowest BCUT2D eigenvalue weighted by Gasteiger charge is -2.28. The van der Waals surface area contributed by atoms with Crippen LogP contribution in [0, 0.1) is 5.92 Å². The van der Waals surface area contributed by atoms with Crippen molar-refractivity contribution in [3.63, 3.8) is 0 Å². The molecular formula is C17H24N2O2. The van der Waals surface area contributed by atoms with Gasteiger partial charge in [-0.3, -0.25) is 0 Å². The Balaban J connectivity index is 2.14. The predicted molar refractivity (Wildman–Crippen MR) is 85.5 cm³/mol. The first-order chi connectivity index (χ1) is 9.94. The summed E-state index contributed by atoms with van der Waals surface area (Å²) in [5, 5.41) is 14.6. The molecule has 1 aromatic carbocycles. The average Bonchev–Trinajstić information content (AvgIpc) is 2.46. The number of rotatable bonds is 6. The van der Waals surface area contributed by atoms with Crippen LogP contribution in [-0.4, -0.2) is 29.3 Å². The zero-order chi connectivity index (χ0) is 15.5. The second kappa shape index (κ2) is 6.41. The highest BCUT2D eigenvalue weighted by Crippen LogP contribution is 2.22. The summed E-state index contributed by atoms with van der Waals surface area (Å²) in [6, 6.07) is 10.1. The van der Waals surface area contributed by atoms with Gasteiger partial charge in [0.1, 0.15) is 0 Å². The minimum atomic E-state index is -0.725. The second-order valence-electron chi connectivity index (χ2n) is 5.96. The maximum absolute atomic E-state index is 10.3. The van der Waals surface area contributed by atoms with E-state index in [0.717, 1.165) is 16.5 Å². The molecule has 4 heteroatoms. The fraction of sp³-hybridized carbons (Fsp3) is 0.471. The van der Waals surface area contributed by atoms with Crippen LogP contribution in [0.4, 0.5) is 0 Å². The average molecular weight is 288 g/mol. The molecule has 0 aliphatic heterocycles. The van der Waals surface area contributed by atoms with Crippen LogP contribution in [0.1, 0.15) is 26.3 Å². The van der Waals surface area contributed by atoms with E-state index in [9.17, 15) is 5.11 Å². The minimum absolute atomic E-state index is 0.196. The van der Waals surface area contributed by atoms with E-state index in [-0.39, 0.29) is 5.92 Å². The number of nitrogens with zero attached hydrogens (tertiary/aromatic N) is 1. The molecule has 2 rings (SSSR count). The Labute approximate surface area is 126 Å². The Bertz CT molecular complexity index is 609. The number of para-hydroxylation sites is 1. The van der Waals surface area contributed by atoms with Gasteiger partial charge in [0.25, 0.3) is 0 Å². The molecule has 0 radical (unpaired) electrons. The number of pyridine rings is 1. The maximum atomic E-state index is 10.3. The van der Waals surface area contributed by atoms with Crippen LogP contribution in [0.3, 0.4) is 0 Å². The SMILES string of the molecule is COc1nc2ccccc2cc1CNCC(C)(O)C(C)C. The van der Waals surface area contributed by atoms with E-state index >= 15 is 0 Å². The van der Waals surface area contributed by atoms with Crippen molar-refractivity contribution >= 4 is 10.9 Å². The molecule has 0 amide bonds. The number of benzene rings is 1. The molecule has 1 heterocycles. The Morgan fingerprint density at radius 3 is 2.71 bits per heavy atom. The Hall–Kier alpha value is -1.65. The van der Waals surface area contributed by atoms with Crippen LogP contribution in [0.25, 0.3) is 10.9 Å².